The lowest BCUT2D eigenvalue weighted by Crippen LogP contribution is -2.61. The van der Waals surface area contributed by atoms with Crippen LogP contribution in [-0.4, -0.2) is 60.6 Å². The van der Waals surface area contributed by atoms with Crippen LogP contribution in [0.2, 0.25) is 0 Å². The quantitative estimate of drug-likeness (QED) is 0.678. The fourth-order valence-corrected chi connectivity index (χ4v) is 6.26. The molecule has 3 amide bonds. The lowest BCUT2D eigenvalue weighted by Gasteiger charge is -2.52. The number of likely N-dealkylation sites (tertiary alicyclic amines) is 1. The molecule has 6 rings (SSSR count). The third kappa shape index (κ3) is 3.40. The van der Waals surface area contributed by atoms with Gasteiger partial charge in [0.15, 0.2) is 11.5 Å². The molecule has 7 nitrogen and oxygen atoms in total. The molecular formula is C27H31N3O4. The van der Waals surface area contributed by atoms with Gasteiger partial charge in [0.1, 0.15) is 13.2 Å². The smallest absolute Gasteiger partial charge is 0.324 e. The van der Waals surface area contributed by atoms with E-state index in [-0.39, 0.29) is 29.9 Å². The van der Waals surface area contributed by atoms with Crippen molar-refractivity contribution in [1.82, 2.24) is 9.80 Å². The van der Waals surface area contributed by atoms with Gasteiger partial charge in [-0.1, -0.05) is 18.2 Å². The van der Waals surface area contributed by atoms with Crippen LogP contribution in [0.1, 0.15) is 43.4 Å². The summed E-state index contributed by atoms with van der Waals surface area (Å²) in [5, 5.41) is 0. The first-order valence-corrected chi connectivity index (χ1v) is 12.5. The molecule has 7 heteroatoms. The summed E-state index contributed by atoms with van der Waals surface area (Å²) in [6, 6.07) is 13.9. The van der Waals surface area contributed by atoms with Crippen LogP contribution in [-0.2, 0) is 11.2 Å². The Hall–Kier alpha value is -3.22. The first-order chi connectivity index (χ1) is 16.7. The van der Waals surface area contributed by atoms with Crippen LogP contribution in [0, 0.1) is 5.92 Å². The van der Waals surface area contributed by atoms with E-state index < -0.39 is 0 Å². The highest BCUT2D eigenvalue weighted by molar-refractivity contribution is 5.93. The van der Waals surface area contributed by atoms with Gasteiger partial charge in [-0.15, -0.1) is 0 Å². The molecule has 0 bridgehead atoms. The van der Waals surface area contributed by atoms with Crippen molar-refractivity contribution in [2.24, 2.45) is 5.92 Å². The second-order valence-electron chi connectivity index (χ2n) is 9.60. The fourth-order valence-electron chi connectivity index (χ4n) is 6.26. The highest BCUT2D eigenvalue weighted by atomic mass is 16.6. The van der Waals surface area contributed by atoms with Crippen LogP contribution in [0.4, 0.5) is 10.5 Å². The van der Waals surface area contributed by atoms with Crippen molar-refractivity contribution >= 4 is 17.6 Å². The van der Waals surface area contributed by atoms with Crippen LogP contribution in [0.25, 0.3) is 0 Å². The van der Waals surface area contributed by atoms with Gasteiger partial charge >= 0.3 is 6.03 Å². The number of para-hydroxylation sites is 1. The predicted molar refractivity (Wildman–Crippen MR) is 128 cm³/mol. The van der Waals surface area contributed by atoms with Crippen LogP contribution in [0.15, 0.2) is 42.5 Å². The minimum atomic E-state index is -0.123. The number of carbonyl (C=O) groups excluding carboxylic acids is 2. The summed E-state index contributed by atoms with van der Waals surface area (Å²) in [4.78, 5) is 33.3. The van der Waals surface area contributed by atoms with E-state index in [1.807, 2.05) is 47.1 Å². The summed E-state index contributed by atoms with van der Waals surface area (Å²) < 4.78 is 11.7. The number of anilines is 1. The van der Waals surface area contributed by atoms with Gasteiger partial charge in [0.05, 0.1) is 12.0 Å². The van der Waals surface area contributed by atoms with E-state index in [0.717, 1.165) is 55.0 Å². The molecule has 0 aliphatic carbocycles. The molecule has 0 radical (unpaired) electrons. The van der Waals surface area contributed by atoms with E-state index >= 15 is 0 Å². The average Bonchev–Trinajstić information content (AvgIpc) is 2.88. The molecule has 0 saturated carbocycles. The van der Waals surface area contributed by atoms with Crippen molar-refractivity contribution < 1.29 is 19.1 Å². The molecule has 178 valence electrons. The maximum Gasteiger partial charge on any atom is 0.324 e. The van der Waals surface area contributed by atoms with E-state index in [9.17, 15) is 9.59 Å². The van der Waals surface area contributed by atoms with Gasteiger partial charge in [-0.2, -0.15) is 0 Å². The van der Waals surface area contributed by atoms with Gasteiger partial charge < -0.3 is 19.3 Å². The van der Waals surface area contributed by atoms with Crippen molar-refractivity contribution in [3.8, 4) is 11.5 Å². The zero-order valence-corrected chi connectivity index (χ0v) is 19.6. The number of urea groups is 1. The Morgan fingerprint density at radius 3 is 2.62 bits per heavy atom. The van der Waals surface area contributed by atoms with Gasteiger partial charge in [0, 0.05) is 31.4 Å². The second-order valence-corrected chi connectivity index (χ2v) is 9.60. The lowest BCUT2D eigenvalue weighted by atomic mass is 9.76. The largest absolute Gasteiger partial charge is 0.486 e. The van der Waals surface area contributed by atoms with Crippen LogP contribution >= 0.6 is 0 Å². The molecule has 2 fully saturated rings. The topological polar surface area (TPSA) is 62.3 Å². The Balaban J connectivity index is 1.33. The Kier molecular flexibility index (Phi) is 5.35. The number of piperidine rings is 2. The Labute approximate surface area is 200 Å². The van der Waals surface area contributed by atoms with E-state index in [0.29, 0.717) is 26.3 Å². The van der Waals surface area contributed by atoms with Gasteiger partial charge in [0.2, 0.25) is 5.91 Å². The SMILES string of the molecule is CCN(C(=O)N1CCC[C@@H]2C(=O)N3CCc4cc5c(cc4[C@H]3C[C@@H]21)OCCO5)c1ccccc1. The number of benzene rings is 2. The Morgan fingerprint density at radius 1 is 1.09 bits per heavy atom. The molecule has 4 aliphatic rings. The van der Waals surface area contributed by atoms with Gasteiger partial charge in [-0.05, 0) is 68.0 Å². The van der Waals surface area contributed by atoms with Crippen molar-refractivity contribution in [2.45, 2.75) is 44.7 Å². The maximum atomic E-state index is 13.8. The molecule has 2 aromatic rings. The molecule has 0 spiro atoms. The Morgan fingerprint density at radius 2 is 1.85 bits per heavy atom. The molecule has 4 aliphatic heterocycles. The zero-order chi connectivity index (χ0) is 23.2. The lowest BCUT2D eigenvalue weighted by molar-refractivity contribution is -0.148. The molecule has 2 saturated heterocycles. The van der Waals surface area contributed by atoms with Gasteiger partial charge in [-0.3, -0.25) is 9.69 Å². The predicted octanol–water partition coefficient (Wildman–Crippen LogP) is 4.01. The van der Waals surface area contributed by atoms with Crippen LogP contribution < -0.4 is 14.4 Å². The van der Waals surface area contributed by atoms with E-state index in [1.54, 1.807) is 0 Å². The summed E-state index contributed by atoms with van der Waals surface area (Å²) in [5.41, 5.74) is 3.27. The van der Waals surface area contributed by atoms with E-state index in [2.05, 4.69) is 17.0 Å². The summed E-state index contributed by atoms with van der Waals surface area (Å²) in [7, 11) is 0. The maximum absolute atomic E-state index is 13.8. The number of fused-ring (bicyclic) bond motifs is 5. The number of hydrogen-bond donors (Lipinski definition) is 0. The standard InChI is InChI=1S/C27H31N3O4/c1-2-28(19-7-4-3-5-8-19)27(32)30-11-6-9-20-22(30)17-23-21-16-25-24(33-13-14-34-25)15-18(21)10-12-29(23)26(20)31/h3-5,7-8,15-16,20,22-23H,2,6,9-14,17H2,1H3/t20-,22-,23+/m0/s1. The fraction of sp³-hybridized carbons (Fsp3) is 0.481. The van der Waals surface area contributed by atoms with Crippen molar-refractivity contribution in [2.75, 3.05) is 37.7 Å². The van der Waals surface area contributed by atoms with Gasteiger partial charge in [-0.25, -0.2) is 4.79 Å². The minimum Gasteiger partial charge on any atom is -0.486 e. The van der Waals surface area contributed by atoms with Crippen molar-refractivity contribution in [1.29, 1.82) is 0 Å². The summed E-state index contributed by atoms with van der Waals surface area (Å²) >= 11 is 0. The molecule has 34 heavy (non-hydrogen) atoms. The molecule has 0 N–H and O–H groups in total. The summed E-state index contributed by atoms with van der Waals surface area (Å²) in [5.74, 6) is 1.64. The first kappa shape index (κ1) is 21.3. The zero-order valence-electron chi connectivity index (χ0n) is 19.6. The summed E-state index contributed by atoms with van der Waals surface area (Å²) in [6.07, 6.45) is 3.30. The van der Waals surface area contributed by atoms with Crippen LogP contribution in [0.3, 0.4) is 0 Å². The highest BCUT2D eigenvalue weighted by Crippen LogP contribution is 2.46. The number of hydrogen-bond acceptors (Lipinski definition) is 4. The number of nitrogens with zero attached hydrogens (tertiary/aromatic N) is 3. The second kappa shape index (κ2) is 8.53. The molecular weight excluding hydrogens is 430 g/mol. The van der Waals surface area contributed by atoms with Crippen molar-refractivity contribution in [3.63, 3.8) is 0 Å². The molecule has 2 aromatic carbocycles. The third-order valence-electron chi connectivity index (χ3n) is 7.87. The number of carbonyl (C=O) groups is 2. The molecule has 4 heterocycles. The van der Waals surface area contributed by atoms with Crippen molar-refractivity contribution in [3.05, 3.63) is 53.6 Å². The minimum absolute atomic E-state index is 0.00265. The summed E-state index contributed by atoms with van der Waals surface area (Å²) in [6.45, 7) is 5.11. The highest BCUT2D eigenvalue weighted by Gasteiger charge is 2.49. The molecule has 3 atom stereocenters. The molecule has 0 unspecified atom stereocenters. The number of amides is 3. The van der Waals surface area contributed by atoms with E-state index in [1.165, 1.54) is 5.56 Å². The number of ether oxygens (including phenoxy) is 2. The molecule has 0 aromatic heterocycles. The Bertz CT molecular complexity index is 1100. The monoisotopic (exact) mass is 461 g/mol. The first-order valence-electron chi connectivity index (χ1n) is 12.5. The van der Waals surface area contributed by atoms with Gasteiger partial charge in [0.25, 0.3) is 0 Å². The normalized spacial score (nSPS) is 25.2. The number of rotatable bonds is 2. The van der Waals surface area contributed by atoms with E-state index in [4.69, 9.17) is 9.47 Å². The third-order valence-corrected chi connectivity index (χ3v) is 7.87. The van der Waals surface area contributed by atoms with Crippen LogP contribution in [0.5, 0.6) is 11.5 Å². The average molecular weight is 462 g/mol.